The predicted octanol–water partition coefficient (Wildman–Crippen LogP) is 4.86. The number of anilines is 1. The van der Waals surface area contributed by atoms with Crippen LogP contribution in [0.1, 0.15) is 35.8 Å². The highest BCUT2D eigenvalue weighted by Gasteiger charge is 2.18. The summed E-state index contributed by atoms with van der Waals surface area (Å²) in [7, 11) is 0. The zero-order chi connectivity index (χ0) is 21.0. The highest BCUT2D eigenvalue weighted by atomic mass is 35.5. The second-order valence-corrected chi connectivity index (χ2v) is 7.05. The normalized spacial score (nSPS) is 10.8. The Hall–Kier alpha value is -3.39. The van der Waals surface area contributed by atoms with Crippen molar-refractivity contribution in [2.45, 2.75) is 26.5 Å². The van der Waals surface area contributed by atoms with Crippen molar-refractivity contribution in [1.82, 2.24) is 9.78 Å². The van der Waals surface area contributed by atoms with Gasteiger partial charge in [-0.3, -0.25) is 14.9 Å². The summed E-state index contributed by atoms with van der Waals surface area (Å²) in [6.07, 6.45) is 1.59. The summed E-state index contributed by atoms with van der Waals surface area (Å²) in [5.41, 5.74) is 1.07. The molecule has 1 N–H and O–H groups in total. The highest BCUT2D eigenvalue weighted by molar-refractivity contribution is 6.31. The Morgan fingerprint density at radius 2 is 1.97 bits per heavy atom. The third kappa shape index (κ3) is 5.11. The van der Waals surface area contributed by atoms with E-state index in [0.29, 0.717) is 11.7 Å². The fourth-order valence-electron chi connectivity index (χ4n) is 2.59. The van der Waals surface area contributed by atoms with Gasteiger partial charge in [0.25, 0.3) is 11.6 Å². The highest BCUT2D eigenvalue weighted by Crippen LogP contribution is 2.28. The lowest BCUT2D eigenvalue weighted by molar-refractivity contribution is -0.383. The van der Waals surface area contributed by atoms with E-state index in [-0.39, 0.29) is 28.8 Å². The Morgan fingerprint density at radius 3 is 2.62 bits per heavy atom. The first-order chi connectivity index (χ1) is 13.8. The van der Waals surface area contributed by atoms with E-state index in [0.717, 1.165) is 0 Å². The van der Waals surface area contributed by atoms with Crippen molar-refractivity contribution in [3.63, 3.8) is 0 Å². The third-order valence-electron chi connectivity index (χ3n) is 4.19. The maximum absolute atomic E-state index is 12.4. The van der Waals surface area contributed by atoms with Crippen LogP contribution in [0, 0.1) is 10.1 Å². The van der Waals surface area contributed by atoms with Crippen LogP contribution in [-0.4, -0.2) is 20.6 Å². The van der Waals surface area contributed by atoms with Crippen molar-refractivity contribution in [2.75, 3.05) is 5.32 Å². The van der Waals surface area contributed by atoms with Gasteiger partial charge in [0.2, 0.25) is 0 Å². The number of halogens is 1. The molecule has 3 aromatic rings. The first-order valence-electron chi connectivity index (χ1n) is 8.85. The number of carbonyl (C=O) groups is 1. The lowest BCUT2D eigenvalue weighted by Crippen LogP contribution is -2.15. The monoisotopic (exact) mass is 414 g/mol. The topological polar surface area (TPSA) is 99.3 Å². The molecule has 0 bridgehead atoms. The number of aromatic nitrogens is 2. The Labute approximate surface area is 172 Å². The molecule has 0 radical (unpaired) electrons. The van der Waals surface area contributed by atoms with Gasteiger partial charge in [0.05, 0.1) is 4.92 Å². The summed E-state index contributed by atoms with van der Waals surface area (Å²) in [5, 5.41) is 18.0. The average molecular weight is 415 g/mol. The number of ether oxygens (including phenoxy) is 1. The summed E-state index contributed by atoms with van der Waals surface area (Å²) < 4.78 is 7.13. The van der Waals surface area contributed by atoms with E-state index in [2.05, 4.69) is 24.3 Å². The van der Waals surface area contributed by atoms with E-state index >= 15 is 0 Å². The van der Waals surface area contributed by atoms with Crippen molar-refractivity contribution in [3.8, 4) is 5.75 Å². The number of amides is 1. The van der Waals surface area contributed by atoms with Crippen LogP contribution in [0.15, 0.2) is 54.7 Å². The quantitative estimate of drug-likeness (QED) is 0.439. The molecule has 0 aliphatic carbocycles. The molecule has 0 unspecified atom stereocenters. The molecule has 8 nitrogen and oxygen atoms in total. The van der Waals surface area contributed by atoms with Crippen LogP contribution in [0.5, 0.6) is 5.75 Å². The van der Waals surface area contributed by atoms with Crippen LogP contribution in [0.4, 0.5) is 11.4 Å². The molecule has 0 atom stereocenters. The number of rotatable bonds is 7. The van der Waals surface area contributed by atoms with Gasteiger partial charge in [0.1, 0.15) is 11.4 Å². The summed E-state index contributed by atoms with van der Waals surface area (Å²) >= 11 is 5.78. The van der Waals surface area contributed by atoms with E-state index < -0.39 is 10.8 Å². The van der Waals surface area contributed by atoms with Crippen LogP contribution in [0.2, 0.25) is 5.02 Å². The summed E-state index contributed by atoms with van der Waals surface area (Å²) in [4.78, 5) is 22.9. The minimum absolute atomic E-state index is 0.0421. The van der Waals surface area contributed by atoms with Crippen molar-refractivity contribution >= 4 is 28.9 Å². The van der Waals surface area contributed by atoms with Crippen molar-refractivity contribution in [2.24, 2.45) is 0 Å². The smallest absolute Gasteiger partial charge is 0.294 e. The Balaban J connectivity index is 1.64. The first kappa shape index (κ1) is 20.3. The molecule has 9 heteroatoms. The van der Waals surface area contributed by atoms with Gasteiger partial charge in [0.15, 0.2) is 12.4 Å². The number of hydrogen-bond acceptors (Lipinski definition) is 5. The summed E-state index contributed by atoms with van der Waals surface area (Å²) in [6, 6.07) is 13.3. The van der Waals surface area contributed by atoms with Gasteiger partial charge in [0, 0.05) is 17.3 Å². The van der Waals surface area contributed by atoms with Gasteiger partial charge >= 0.3 is 0 Å². The SMILES string of the molecule is CC(C)c1ccc(OCn2ccc(C(=O)Nc3ccc(Cl)cc3[N+](=O)[O-])n2)cc1. The van der Waals surface area contributed by atoms with Gasteiger partial charge in [-0.25, -0.2) is 4.68 Å². The minimum atomic E-state index is -0.613. The zero-order valence-electron chi connectivity index (χ0n) is 15.8. The van der Waals surface area contributed by atoms with Crippen LogP contribution >= 0.6 is 11.6 Å². The molecule has 0 aliphatic rings. The number of hydrogen-bond donors (Lipinski definition) is 1. The molecule has 1 aromatic heterocycles. The number of nitro benzene ring substituents is 1. The van der Waals surface area contributed by atoms with E-state index in [1.807, 2.05) is 24.3 Å². The maximum atomic E-state index is 12.4. The molecule has 0 aliphatic heterocycles. The molecule has 3 rings (SSSR count). The maximum Gasteiger partial charge on any atom is 0.294 e. The second kappa shape index (κ2) is 8.74. The third-order valence-corrected chi connectivity index (χ3v) is 4.42. The van der Waals surface area contributed by atoms with Gasteiger partial charge in [-0.05, 0) is 41.8 Å². The molecular formula is C20H19ClN4O4. The molecule has 29 heavy (non-hydrogen) atoms. The molecular weight excluding hydrogens is 396 g/mol. The number of carbonyl (C=O) groups excluding carboxylic acids is 1. The Kier molecular flexibility index (Phi) is 6.13. The number of nitrogens with one attached hydrogen (secondary N) is 1. The van der Waals surface area contributed by atoms with Crippen molar-refractivity contribution < 1.29 is 14.5 Å². The molecule has 1 amide bonds. The van der Waals surface area contributed by atoms with Crippen LogP contribution < -0.4 is 10.1 Å². The fraction of sp³-hybridized carbons (Fsp3) is 0.200. The van der Waals surface area contributed by atoms with E-state index in [9.17, 15) is 14.9 Å². The van der Waals surface area contributed by atoms with Crippen molar-refractivity contribution in [1.29, 1.82) is 0 Å². The predicted molar refractivity (Wildman–Crippen MR) is 109 cm³/mol. The second-order valence-electron chi connectivity index (χ2n) is 6.61. The largest absolute Gasteiger partial charge is 0.471 e. The molecule has 0 spiro atoms. The minimum Gasteiger partial charge on any atom is -0.471 e. The standard InChI is InChI=1S/C20H19ClN4O4/c1-13(2)14-3-6-16(7-4-14)29-12-24-10-9-18(23-24)20(26)22-17-8-5-15(21)11-19(17)25(27)28/h3-11,13H,12H2,1-2H3,(H,22,26). The van der Waals surface area contributed by atoms with Crippen molar-refractivity contribution in [3.05, 3.63) is 81.1 Å². The van der Waals surface area contributed by atoms with E-state index in [4.69, 9.17) is 16.3 Å². The molecule has 1 heterocycles. The Morgan fingerprint density at radius 1 is 1.24 bits per heavy atom. The molecule has 150 valence electrons. The zero-order valence-corrected chi connectivity index (χ0v) is 16.6. The van der Waals surface area contributed by atoms with Gasteiger partial charge in [-0.15, -0.1) is 0 Å². The first-order valence-corrected chi connectivity index (χ1v) is 9.23. The molecule has 0 fully saturated rings. The van der Waals surface area contributed by atoms with Gasteiger partial charge in [-0.1, -0.05) is 37.6 Å². The number of nitro groups is 1. The van der Waals surface area contributed by atoms with E-state index in [1.54, 1.807) is 6.20 Å². The average Bonchev–Trinajstić information content (AvgIpc) is 3.17. The lowest BCUT2D eigenvalue weighted by atomic mass is 10.0. The Bertz CT molecular complexity index is 1030. The van der Waals surface area contributed by atoms with Gasteiger partial charge < -0.3 is 10.1 Å². The van der Waals surface area contributed by atoms with Crippen LogP contribution in [-0.2, 0) is 6.73 Å². The fourth-order valence-corrected chi connectivity index (χ4v) is 2.76. The molecule has 0 saturated carbocycles. The number of benzene rings is 2. The van der Waals surface area contributed by atoms with Crippen LogP contribution in [0.25, 0.3) is 0 Å². The number of nitrogens with zero attached hydrogens (tertiary/aromatic N) is 3. The summed E-state index contributed by atoms with van der Waals surface area (Å²) in [5.74, 6) is 0.552. The van der Waals surface area contributed by atoms with Crippen LogP contribution in [0.3, 0.4) is 0 Å². The molecule has 0 saturated heterocycles. The van der Waals surface area contributed by atoms with Gasteiger partial charge in [-0.2, -0.15) is 5.10 Å². The van der Waals surface area contributed by atoms with E-state index in [1.165, 1.54) is 34.5 Å². The lowest BCUT2D eigenvalue weighted by Gasteiger charge is -2.09. The summed E-state index contributed by atoms with van der Waals surface area (Å²) in [6.45, 7) is 4.35. The molecule has 2 aromatic carbocycles.